The van der Waals surface area contributed by atoms with E-state index < -0.39 is 36.0 Å². The molecule has 2 aromatic heterocycles. The number of aromatic nitrogens is 2. The molecule has 0 unspecified atom stereocenters. The Kier molecular flexibility index (Phi) is 10.5. The van der Waals surface area contributed by atoms with Crippen molar-refractivity contribution in [3.63, 3.8) is 0 Å². The van der Waals surface area contributed by atoms with Crippen LogP contribution in [0, 0.1) is 23.7 Å². The number of rotatable bonds is 8. The van der Waals surface area contributed by atoms with Gasteiger partial charge in [0, 0.05) is 23.5 Å². The van der Waals surface area contributed by atoms with Crippen LogP contribution < -0.4 is 20.1 Å². The van der Waals surface area contributed by atoms with Gasteiger partial charge in [0.05, 0.1) is 12.8 Å². The molecule has 0 aliphatic rings. The number of halogens is 6. The molecule has 0 aliphatic heterocycles. The van der Waals surface area contributed by atoms with Crippen LogP contribution in [-0.2, 0) is 22.4 Å². The van der Waals surface area contributed by atoms with Crippen molar-refractivity contribution in [1.29, 1.82) is 0 Å². The lowest BCUT2D eigenvalue weighted by molar-refractivity contribution is -0.275. The van der Waals surface area contributed by atoms with Crippen molar-refractivity contribution in [2.24, 2.45) is 0 Å². The Morgan fingerprint density at radius 1 is 0.630 bits per heavy atom. The molecular formula is C32H20F6N4O4. The normalized spacial score (nSPS) is 10.8. The second kappa shape index (κ2) is 14.6. The molecule has 0 fully saturated rings. The maximum absolute atomic E-state index is 12.4. The zero-order valence-corrected chi connectivity index (χ0v) is 23.3. The molecule has 0 saturated heterocycles. The SMILES string of the molecule is O=C(Cc1cccc(OC(F)(F)F)c1)Nc1ccc(C#CC#Cc2ccc(NC(=O)Cc3cccc(OC(F)(F)F)c3)nc2)cn1. The summed E-state index contributed by atoms with van der Waals surface area (Å²) >= 11 is 0. The first-order valence-corrected chi connectivity index (χ1v) is 13.0. The van der Waals surface area contributed by atoms with Crippen molar-refractivity contribution in [2.75, 3.05) is 10.6 Å². The van der Waals surface area contributed by atoms with Crippen LogP contribution in [0.2, 0.25) is 0 Å². The molecule has 0 atom stereocenters. The molecule has 2 aromatic carbocycles. The van der Waals surface area contributed by atoms with E-state index in [0.29, 0.717) is 22.3 Å². The molecule has 234 valence electrons. The third-order valence-corrected chi connectivity index (χ3v) is 5.53. The smallest absolute Gasteiger partial charge is 0.406 e. The predicted octanol–water partition coefficient (Wildman–Crippen LogP) is 6.04. The highest BCUT2D eigenvalue weighted by atomic mass is 19.4. The van der Waals surface area contributed by atoms with Crippen molar-refractivity contribution in [3.8, 4) is 35.2 Å². The number of pyridine rings is 2. The topological polar surface area (TPSA) is 102 Å². The number of benzene rings is 2. The van der Waals surface area contributed by atoms with Crippen LogP contribution >= 0.6 is 0 Å². The fourth-order valence-electron chi connectivity index (χ4n) is 3.74. The molecule has 0 radical (unpaired) electrons. The molecule has 8 nitrogen and oxygen atoms in total. The number of ether oxygens (including phenoxy) is 2. The maximum Gasteiger partial charge on any atom is 0.573 e. The molecular weight excluding hydrogens is 618 g/mol. The van der Waals surface area contributed by atoms with E-state index in [-0.39, 0.29) is 24.5 Å². The Hall–Kier alpha value is -6.02. The molecule has 0 spiro atoms. The fraction of sp³-hybridized carbons (Fsp3) is 0.125. The molecule has 2 amide bonds. The van der Waals surface area contributed by atoms with E-state index in [4.69, 9.17) is 0 Å². The van der Waals surface area contributed by atoms with Gasteiger partial charge in [-0.05, 0) is 71.5 Å². The second-order valence-electron chi connectivity index (χ2n) is 9.20. The minimum absolute atomic E-state index is 0.200. The van der Waals surface area contributed by atoms with E-state index >= 15 is 0 Å². The first-order chi connectivity index (χ1) is 21.8. The summed E-state index contributed by atoms with van der Waals surface area (Å²) < 4.78 is 82.1. The van der Waals surface area contributed by atoms with Crippen LogP contribution in [0.15, 0.2) is 85.2 Å². The molecule has 46 heavy (non-hydrogen) atoms. The number of hydrogen-bond donors (Lipinski definition) is 2. The summed E-state index contributed by atoms with van der Waals surface area (Å²) in [5.41, 5.74) is 1.63. The number of anilines is 2. The quantitative estimate of drug-likeness (QED) is 0.180. The highest BCUT2D eigenvalue weighted by molar-refractivity contribution is 5.92. The standard InChI is InChI=1S/C32H20F6N4O4/c33-31(34,35)45-25-9-3-7-23(15-25)17-29(43)41-27-13-11-21(19-39-27)5-1-2-6-22-12-14-28(40-20-22)42-30(44)18-24-8-4-10-26(16-24)46-32(36,37)38/h3-4,7-16,19-20H,17-18H2,(H,39,41,43)(H,40,42,44). The summed E-state index contributed by atoms with van der Waals surface area (Å²) in [4.78, 5) is 32.7. The molecule has 0 saturated carbocycles. The number of nitrogens with zero attached hydrogens (tertiary/aromatic N) is 2. The van der Waals surface area contributed by atoms with E-state index in [0.717, 1.165) is 24.3 Å². The highest BCUT2D eigenvalue weighted by Gasteiger charge is 2.31. The van der Waals surface area contributed by atoms with Gasteiger partial charge in [-0.3, -0.25) is 9.59 Å². The summed E-state index contributed by atoms with van der Waals surface area (Å²) in [6.45, 7) is 0. The van der Waals surface area contributed by atoms with Gasteiger partial charge in [0.1, 0.15) is 23.1 Å². The zero-order valence-electron chi connectivity index (χ0n) is 23.3. The third kappa shape index (κ3) is 11.6. The van der Waals surface area contributed by atoms with Gasteiger partial charge in [0.25, 0.3) is 0 Å². The lowest BCUT2D eigenvalue weighted by Gasteiger charge is -2.10. The second-order valence-corrected chi connectivity index (χ2v) is 9.20. The van der Waals surface area contributed by atoms with Crippen LogP contribution in [0.3, 0.4) is 0 Å². The van der Waals surface area contributed by atoms with Gasteiger partial charge in [-0.15, -0.1) is 26.3 Å². The maximum atomic E-state index is 12.4. The van der Waals surface area contributed by atoms with Crippen molar-refractivity contribution in [1.82, 2.24) is 9.97 Å². The lowest BCUT2D eigenvalue weighted by Crippen LogP contribution is -2.18. The Labute approximate surface area is 257 Å². The van der Waals surface area contributed by atoms with Crippen molar-refractivity contribution in [3.05, 3.63) is 107 Å². The average Bonchev–Trinajstić information content (AvgIpc) is 2.95. The van der Waals surface area contributed by atoms with E-state index in [1.807, 2.05) is 0 Å². The number of alkyl halides is 6. The first kappa shape index (κ1) is 32.9. The van der Waals surface area contributed by atoms with Crippen LogP contribution in [0.4, 0.5) is 38.0 Å². The highest BCUT2D eigenvalue weighted by Crippen LogP contribution is 2.25. The first-order valence-electron chi connectivity index (χ1n) is 13.0. The largest absolute Gasteiger partial charge is 0.573 e. The van der Waals surface area contributed by atoms with Crippen LogP contribution in [-0.4, -0.2) is 34.5 Å². The van der Waals surface area contributed by atoms with Crippen LogP contribution in [0.25, 0.3) is 0 Å². The lowest BCUT2D eigenvalue weighted by atomic mass is 10.1. The molecule has 4 rings (SSSR count). The predicted molar refractivity (Wildman–Crippen MR) is 153 cm³/mol. The van der Waals surface area contributed by atoms with E-state index in [2.05, 4.69) is 53.8 Å². The Balaban J connectivity index is 1.25. The van der Waals surface area contributed by atoms with Crippen LogP contribution in [0.1, 0.15) is 22.3 Å². The Morgan fingerprint density at radius 3 is 1.39 bits per heavy atom. The molecule has 0 bridgehead atoms. The minimum atomic E-state index is -4.84. The summed E-state index contributed by atoms with van der Waals surface area (Å²) in [5, 5.41) is 5.09. The van der Waals surface area contributed by atoms with Crippen molar-refractivity contribution < 1.29 is 45.4 Å². The monoisotopic (exact) mass is 638 g/mol. The van der Waals surface area contributed by atoms with Crippen molar-refractivity contribution >= 4 is 23.5 Å². The van der Waals surface area contributed by atoms with E-state index in [9.17, 15) is 35.9 Å². The summed E-state index contributed by atoms with van der Waals surface area (Å²) in [6.07, 6.45) is -7.27. The molecule has 2 N–H and O–H groups in total. The van der Waals surface area contributed by atoms with Gasteiger partial charge in [-0.2, -0.15) is 0 Å². The number of carbonyl (C=O) groups excluding carboxylic acids is 2. The van der Waals surface area contributed by atoms with Gasteiger partial charge in [0.15, 0.2) is 0 Å². The van der Waals surface area contributed by atoms with E-state index in [1.54, 1.807) is 12.1 Å². The van der Waals surface area contributed by atoms with Gasteiger partial charge in [0.2, 0.25) is 11.8 Å². The Bertz CT molecular complexity index is 1680. The number of carbonyl (C=O) groups is 2. The van der Waals surface area contributed by atoms with Gasteiger partial charge >= 0.3 is 12.7 Å². The summed E-state index contributed by atoms with van der Waals surface area (Å²) in [6, 6.07) is 16.4. The number of hydrogen-bond acceptors (Lipinski definition) is 6. The number of nitrogens with one attached hydrogen (secondary N) is 2. The molecule has 2 heterocycles. The van der Waals surface area contributed by atoms with Gasteiger partial charge in [-0.1, -0.05) is 36.1 Å². The molecule has 14 heteroatoms. The fourth-order valence-corrected chi connectivity index (χ4v) is 3.74. The molecule has 0 aliphatic carbocycles. The van der Waals surface area contributed by atoms with Crippen molar-refractivity contribution in [2.45, 2.75) is 25.6 Å². The van der Waals surface area contributed by atoms with E-state index in [1.165, 1.54) is 48.8 Å². The Morgan fingerprint density at radius 2 is 1.04 bits per heavy atom. The van der Waals surface area contributed by atoms with Crippen LogP contribution in [0.5, 0.6) is 11.5 Å². The van der Waals surface area contributed by atoms with Gasteiger partial charge in [-0.25, -0.2) is 9.97 Å². The zero-order chi connectivity index (χ0) is 33.2. The minimum Gasteiger partial charge on any atom is -0.406 e. The summed E-state index contributed by atoms with van der Waals surface area (Å²) in [7, 11) is 0. The van der Waals surface area contributed by atoms with Gasteiger partial charge < -0.3 is 20.1 Å². The third-order valence-electron chi connectivity index (χ3n) is 5.53. The molecule has 4 aromatic rings. The number of amides is 2. The summed E-state index contributed by atoms with van der Waals surface area (Å²) in [5.74, 6) is 9.45. The average molecular weight is 639 g/mol.